The molecule has 296 valence electrons. The van der Waals surface area contributed by atoms with E-state index in [0.29, 0.717) is 19.3 Å². The lowest BCUT2D eigenvalue weighted by molar-refractivity contribution is -0.167. The highest BCUT2D eigenvalue weighted by Gasteiger charge is 2.19. The van der Waals surface area contributed by atoms with Crippen molar-refractivity contribution >= 4 is 17.9 Å². The summed E-state index contributed by atoms with van der Waals surface area (Å²) in [6.45, 7) is 11.2. The Morgan fingerprint density at radius 2 is 0.660 bits per heavy atom. The molecule has 0 bridgehead atoms. The van der Waals surface area contributed by atoms with Gasteiger partial charge in [0.15, 0.2) is 6.10 Å². The third-order valence-corrected chi connectivity index (χ3v) is 9.72. The van der Waals surface area contributed by atoms with Gasteiger partial charge in [-0.25, -0.2) is 0 Å². The number of hydrogen-bond acceptors (Lipinski definition) is 6. The van der Waals surface area contributed by atoms with E-state index >= 15 is 0 Å². The fourth-order valence-electron chi connectivity index (χ4n) is 6.40. The maximum atomic E-state index is 12.6. The van der Waals surface area contributed by atoms with Crippen molar-refractivity contribution in [2.75, 3.05) is 13.2 Å². The van der Waals surface area contributed by atoms with Crippen LogP contribution in [-0.4, -0.2) is 37.2 Å². The molecule has 0 aromatic rings. The van der Waals surface area contributed by atoms with Gasteiger partial charge in [-0.05, 0) is 31.1 Å². The first-order valence-corrected chi connectivity index (χ1v) is 21.7. The van der Waals surface area contributed by atoms with Crippen LogP contribution in [0.4, 0.5) is 0 Å². The summed E-state index contributed by atoms with van der Waals surface area (Å²) < 4.78 is 16.6. The summed E-state index contributed by atoms with van der Waals surface area (Å²) in [5, 5.41) is 0. The van der Waals surface area contributed by atoms with Crippen LogP contribution < -0.4 is 0 Å². The number of rotatable bonds is 38. The zero-order valence-corrected chi connectivity index (χ0v) is 34.0. The highest BCUT2D eigenvalue weighted by Crippen LogP contribution is 2.16. The first kappa shape index (κ1) is 48.4. The second-order valence-electron chi connectivity index (χ2n) is 15.9. The van der Waals surface area contributed by atoms with Crippen LogP contribution in [0.5, 0.6) is 0 Å². The molecule has 0 rings (SSSR count). The van der Waals surface area contributed by atoms with E-state index in [1.807, 2.05) is 0 Å². The monoisotopic (exact) mass is 709 g/mol. The van der Waals surface area contributed by atoms with Gasteiger partial charge >= 0.3 is 17.9 Å². The summed E-state index contributed by atoms with van der Waals surface area (Å²) in [5.74, 6) is 0.765. The Bertz CT molecular complexity index is 764. The third-order valence-electron chi connectivity index (χ3n) is 9.72. The van der Waals surface area contributed by atoms with Gasteiger partial charge in [-0.3, -0.25) is 14.4 Å². The smallest absolute Gasteiger partial charge is 0.306 e. The van der Waals surface area contributed by atoms with Crippen molar-refractivity contribution in [1.82, 2.24) is 0 Å². The number of unbranched alkanes of at least 4 members (excludes halogenated alkanes) is 23. The molecule has 0 amide bonds. The predicted molar refractivity (Wildman–Crippen MR) is 210 cm³/mol. The molecule has 6 heteroatoms. The quantitative estimate of drug-likeness (QED) is 0.0361. The Labute approximate surface area is 310 Å². The fraction of sp³-hybridized carbons (Fsp3) is 0.932. The summed E-state index contributed by atoms with van der Waals surface area (Å²) in [6, 6.07) is 0. The summed E-state index contributed by atoms with van der Waals surface area (Å²) in [7, 11) is 0. The average molecular weight is 709 g/mol. The van der Waals surface area contributed by atoms with Gasteiger partial charge in [-0.1, -0.05) is 195 Å². The van der Waals surface area contributed by atoms with Crippen LogP contribution in [0, 0.1) is 11.8 Å². The van der Waals surface area contributed by atoms with Gasteiger partial charge in [0.25, 0.3) is 0 Å². The SMILES string of the molecule is CCCCCCCC(=O)OC[C@H](COC(=O)CCCCCCCCCCCCCCC(C)C)OC(=O)CCCCCCCCCCCC(C)C. The molecule has 6 nitrogen and oxygen atoms in total. The second kappa shape index (κ2) is 37.2. The molecule has 50 heavy (non-hydrogen) atoms. The van der Waals surface area contributed by atoms with Crippen LogP contribution in [0.2, 0.25) is 0 Å². The van der Waals surface area contributed by atoms with Gasteiger partial charge in [0.2, 0.25) is 0 Å². The van der Waals surface area contributed by atoms with Crippen molar-refractivity contribution in [3.8, 4) is 0 Å². The molecule has 0 saturated heterocycles. The first-order chi connectivity index (χ1) is 24.2. The Kier molecular flexibility index (Phi) is 36.0. The van der Waals surface area contributed by atoms with E-state index in [-0.39, 0.29) is 31.1 Å². The standard InChI is InChI=1S/C44H84O6/c1-6-7-8-22-29-34-42(45)48-37-41(50-44(47)36-31-26-21-17-13-15-19-24-28-33-40(4)5)38-49-43(46)35-30-25-20-16-12-10-9-11-14-18-23-27-32-39(2)3/h39-41H,6-38H2,1-5H3/t41-/m1/s1. The number of carbonyl (C=O) groups is 3. The predicted octanol–water partition coefficient (Wildman–Crippen LogP) is 13.4. The normalized spacial score (nSPS) is 12.1. The molecule has 0 unspecified atom stereocenters. The number of ether oxygens (including phenoxy) is 3. The van der Waals surface area contributed by atoms with Gasteiger partial charge in [0.05, 0.1) is 0 Å². The fourth-order valence-corrected chi connectivity index (χ4v) is 6.40. The van der Waals surface area contributed by atoms with E-state index in [4.69, 9.17) is 14.2 Å². The zero-order chi connectivity index (χ0) is 36.9. The van der Waals surface area contributed by atoms with E-state index in [1.54, 1.807) is 0 Å². The molecule has 0 aliphatic heterocycles. The van der Waals surface area contributed by atoms with E-state index in [0.717, 1.165) is 76.0 Å². The lowest BCUT2D eigenvalue weighted by Gasteiger charge is -2.18. The highest BCUT2D eigenvalue weighted by molar-refractivity contribution is 5.71. The molecule has 0 aromatic carbocycles. The van der Waals surface area contributed by atoms with Crippen LogP contribution in [0.15, 0.2) is 0 Å². The summed E-state index contributed by atoms with van der Waals surface area (Å²) in [4.78, 5) is 37.4. The first-order valence-electron chi connectivity index (χ1n) is 21.7. The largest absolute Gasteiger partial charge is 0.462 e. The summed E-state index contributed by atoms with van der Waals surface area (Å²) >= 11 is 0. The minimum atomic E-state index is -0.758. The van der Waals surface area contributed by atoms with E-state index in [2.05, 4.69) is 34.6 Å². The maximum Gasteiger partial charge on any atom is 0.306 e. The zero-order valence-electron chi connectivity index (χ0n) is 34.0. The molecule has 1 atom stereocenters. The molecular weight excluding hydrogens is 624 g/mol. The van der Waals surface area contributed by atoms with Crippen molar-refractivity contribution < 1.29 is 28.6 Å². The topological polar surface area (TPSA) is 78.9 Å². The molecule has 0 radical (unpaired) electrons. The highest BCUT2D eigenvalue weighted by atomic mass is 16.6. The van der Waals surface area contributed by atoms with Crippen molar-refractivity contribution in [2.45, 2.75) is 240 Å². The van der Waals surface area contributed by atoms with Crippen molar-refractivity contribution in [2.24, 2.45) is 11.8 Å². The van der Waals surface area contributed by atoms with Crippen LogP contribution in [0.1, 0.15) is 234 Å². The van der Waals surface area contributed by atoms with E-state index in [1.165, 1.54) is 116 Å². The molecule has 0 fully saturated rings. The van der Waals surface area contributed by atoms with E-state index < -0.39 is 6.10 Å². The number of carbonyl (C=O) groups excluding carboxylic acids is 3. The Morgan fingerprint density at radius 1 is 0.380 bits per heavy atom. The third kappa shape index (κ3) is 37.7. The molecular formula is C44H84O6. The molecule has 0 heterocycles. The molecule has 0 aliphatic rings. The van der Waals surface area contributed by atoms with E-state index in [9.17, 15) is 14.4 Å². The maximum absolute atomic E-state index is 12.6. The summed E-state index contributed by atoms with van der Waals surface area (Å²) in [5.41, 5.74) is 0. The van der Waals surface area contributed by atoms with Crippen LogP contribution in [0.3, 0.4) is 0 Å². The molecule has 0 aliphatic carbocycles. The lowest BCUT2D eigenvalue weighted by atomic mass is 10.0. The van der Waals surface area contributed by atoms with Gasteiger partial charge in [-0.2, -0.15) is 0 Å². The van der Waals surface area contributed by atoms with Gasteiger partial charge in [-0.15, -0.1) is 0 Å². The van der Waals surface area contributed by atoms with Gasteiger partial charge in [0, 0.05) is 19.3 Å². The average Bonchev–Trinajstić information content (AvgIpc) is 3.08. The lowest BCUT2D eigenvalue weighted by Crippen LogP contribution is -2.30. The second-order valence-corrected chi connectivity index (χ2v) is 15.9. The Morgan fingerprint density at radius 3 is 0.980 bits per heavy atom. The van der Waals surface area contributed by atoms with Gasteiger partial charge in [0.1, 0.15) is 13.2 Å². The van der Waals surface area contributed by atoms with Crippen LogP contribution in [0.25, 0.3) is 0 Å². The molecule has 0 aromatic heterocycles. The molecule has 0 saturated carbocycles. The van der Waals surface area contributed by atoms with Crippen molar-refractivity contribution in [1.29, 1.82) is 0 Å². The van der Waals surface area contributed by atoms with Crippen LogP contribution in [-0.2, 0) is 28.6 Å². The molecule has 0 N–H and O–H groups in total. The number of hydrogen-bond donors (Lipinski definition) is 0. The van der Waals surface area contributed by atoms with Crippen molar-refractivity contribution in [3.05, 3.63) is 0 Å². The minimum Gasteiger partial charge on any atom is -0.462 e. The number of esters is 3. The Hall–Kier alpha value is -1.59. The Balaban J connectivity index is 4.20. The van der Waals surface area contributed by atoms with Crippen LogP contribution >= 0.6 is 0 Å². The summed E-state index contributed by atoms with van der Waals surface area (Å²) in [6.07, 6.45) is 34.0. The minimum absolute atomic E-state index is 0.0662. The molecule has 0 spiro atoms. The van der Waals surface area contributed by atoms with Gasteiger partial charge < -0.3 is 14.2 Å². The van der Waals surface area contributed by atoms with Crippen molar-refractivity contribution in [3.63, 3.8) is 0 Å².